The lowest BCUT2D eigenvalue weighted by atomic mass is 10.1. The molecule has 0 spiro atoms. The van der Waals surface area contributed by atoms with Gasteiger partial charge >= 0.3 is 0 Å². The minimum Gasteiger partial charge on any atom is -0.311 e. The summed E-state index contributed by atoms with van der Waals surface area (Å²) in [6, 6.07) is 105. The normalized spacial score (nSPS) is 10.6. The highest BCUT2D eigenvalue weighted by Crippen LogP contribution is 2.44. The number of nitriles is 1. The average molecular weight is 964 g/mol. The second-order valence-electron chi connectivity index (χ2n) is 17.7. The van der Waals surface area contributed by atoms with Crippen molar-refractivity contribution in [3.8, 4) is 6.07 Å². The van der Waals surface area contributed by atoms with Crippen molar-refractivity contribution in [3.63, 3.8) is 0 Å². The highest BCUT2D eigenvalue weighted by atomic mass is 15.2. The number of benzene rings is 11. The fraction of sp³-hybridized carbons (Fsp3) is 0. The first kappa shape index (κ1) is 46.8. The SMILES string of the molecule is [C-]#[N+]c1ccc(N(c2ccccc2)c2ccc(N(c3ccccc3)c3ccc(N(c4ccccc4)c4ccc(N(c5ccccc5)c5ccc(N(c6ccccc6)c6ccc(C#N)cc6)cc5)cc4)cc3)cc2)cc1. The van der Waals surface area contributed by atoms with Gasteiger partial charge in [-0.05, 0) is 194 Å². The van der Waals surface area contributed by atoms with E-state index < -0.39 is 0 Å². The van der Waals surface area contributed by atoms with Gasteiger partial charge in [-0.2, -0.15) is 5.26 Å². The van der Waals surface area contributed by atoms with E-state index in [1.54, 1.807) is 0 Å². The lowest BCUT2D eigenvalue weighted by Crippen LogP contribution is -2.13. The van der Waals surface area contributed by atoms with Gasteiger partial charge in [0.05, 0.1) is 18.2 Å². The lowest BCUT2D eigenvalue weighted by molar-refractivity contribution is 1.24. The Labute approximate surface area is 439 Å². The Bertz CT molecular complexity index is 3450. The predicted molar refractivity (Wildman–Crippen MR) is 311 cm³/mol. The molecule has 11 aromatic carbocycles. The Balaban J connectivity index is 0.912. The van der Waals surface area contributed by atoms with Gasteiger partial charge in [-0.25, -0.2) is 4.85 Å². The number of rotatable bonds is 15. The molecule has 0 saturated heterocycles. The maximum absolute atomic E-state index is 9.50. The second kappa shape index (κ2) is 21.8. The summed E-state index contributed by atoms with van der Waals surface area (Å²) in [5, 5.41) is 9.50. The lowest BCUT2D eigenvalue weighted by Gasteiger charge is -2.30. The molecule has 356 valence electrons. The van der Waals surface area contributed by atoms with Gasteiger partial charge < -0.3 is 24.5 Å². The molecule has 11 aromatic rings. The molecular formula is C68H49N7. The molecule has 7 nitrogen and oxygen atoms in total. The first-order valence-electron chi connectivity index (χ1n) is 24.8. The Hall–Kier alpha value is -10.6. The number of para-hydroxylation sites is 5. The van der Waals surface area contributed by atoms with Crippen molar-refractivity contribution in [2.45, 2.75) is 0 Å². The van der Waals surface area contributed by atoms with Crippen molar-refractivity contribution in [2.75, 3.05) is 24.5 Å². The summed E-state index contributed by atoms with van der Waals surface area (Å²) in [6.45, 7) is 7.49. The van der Waals surface area contributed by atoms with Gasteiger partial charge in [0.2, 0.25) is 0 Å². The van der Waals surface area contributed by atoms with Crippen LogP contribution in [0.25, 0.3) is 4.85 Å². The van der Waals surface area contributed by atoms with Crippen LogP contribution in [0.15, 0.2) is 297 Å². The molecule has 75 heavy (non-hydrogen) atoms. The molecule has 0 aliphatic carbocycles. The topological polar surface area (TPSA) is 44.4 Å². The third-order valence-corrected chi connectivity index (χ3v) is 13.0. The molecule has 0 heterocycles. The fourth-order valence-electron chi connectivity index (χ4n) is 9.49. The van der Waals surface area contributed by atoms with Crippen LogP contribution in [0.4, 0.5) is 91.0 Å². The van der Waals surface area contributed by atoms with E-state index in [9.17, 15) is 5.26 Å². The minimum atomic E-state index is 0.607. The summed E-state index contributed by atoms with van der Waals surface area (Å²) in [7, 11) is 0. The predicted octanol–water partition coefficient (Wildman–Crippen LogP) is 19.5. The number of anilines is 15. The summed E-state index contributed by atoms with van der Waals surface area (Å²) < 4.78 is 0. The molecular weight excluding hydrogens is 915 g/mol. The Kier molecular flexibility index (Phi) is 13.6. The van der Waals surface area contributed by atoms with Gasteiger partial charge in [0.25, 0.3) is 0 Å². The third kappa shape index (κ3) is 10.2. The van der Waals surface area contributed by atoms with E-state index >= 15 is 0 Å². The van der Waals surface area contributed by atoms with E-state index in [1.165, 1.54) is 0 Å². The van der Waals surface area contributed by atoms with Crippen LogP contribution in [-0.2, 0) is 0 Å². The monoisotopic (exact) mass is 963 g/mol. The largest absolute Gasteiger partial charge is 0.311 e. The number of nitrogens with zero attached hydrogens (tertiary/aromatic N) is 7. The highest BCUT2D eigenvalue weighted by molar-refractivity contribution is 5.86. The molecule has 11 rings (SSSR count). The molecule has 0 saturated carbocycles. The molecule has 0 unspecified atom stereocenters. The van der Waals surface area contributed by atoms with Crippen molar-refractivity contribution >= 4 is 91.0 Å². The maximum atomic E-state index is 9.50. The van der Waals surface area contributed by atoms with E-state index in [0.717, 1.165) is 85.3 Å². The van der Waals surface area contributed by atoms with E-state index in [4.69, 9.17) is 6.57 Å². The molecule has 0 atom stereocenters. The van der Waals surface area contributed by atoms with Gasteiger partial charge in [0, 0.05) is 85.3 Å². The first-order valence-corrected chi connectivity index (χ1v) is 24.8. The molecule has 0 amide bonds. The third-order valence-electron chi connectivity index (χ3n) is 13.0. The standard InChI is InChI=1S/C68H49N7/c1-70-53-29-33-60(34-30-53)72(55-19-9-3-10-20-55)62-37-41-64(42-38-62)74(57-23-13-5-14-24-57)66-45-49-68(50-46-66)75(58-25-15-6-16-26-58)67-47-43-65(44-48-67)73(56-21-11-4-12-22-56)63-39-35-61(36-40-63)71(54-17-7-2-8-18-54)59-31-27-52(51-69)28-32-59/h2-50H. The van der Waals surface area contributed by atoms with Crippen LogP contribution in [-0.4, -0.2) is 0 Å². The van der Waals surface area contributed by atoms with Crippen LogP contribution in [0.2, 0.25) is 0 Å². The van der Waals surface area contributed by atoms with Gasteiger partial charge in [-0.3, -0.25) is 0 Å². The smallest absolute Gasteiger partial charge is 0.187 e. The van der Waals surface area contributed by atoms with Crippen molar-refractivity contribution in [1.82, 2.24) is 0 Å². The fourth-order valence-corrected chi connectivity index (χ4v) is 9.49. The van der Waals surface area contributed by atoms with Crippen molar-refractivity contribution in [3.05, 3.63) is 314 Å². The zero-order valence-electron chi connectivity index (χ0n) is 40.9. The molecule has 7 heteroatoms. The van der Waals surface area contributed by atoms with E-state index in [1.807, 2.05) is 103 Å². The first-order chi connectivity index (χ1) is 37.1. The quantitative estimate of drug-likeness (QED) is 0.0954. The molecule has 0 fully saturated rings. The Morgan fingerprint density at radius 2 is 0.387 bits per heavy atom. The van der Waals surface area contributed by atoms with Crippen molar-refractivity contribution < 1.29 is 0 Å². The second-order valence-corrected chi connectivity index (χ2v) is 17.7. The molecule has 0 radical (unpaired) electrons. The Morgan fingerprint density at radius 3 is 0.560 bits per heavy atom. The van der Waals surface area contributed by atoms with E-state index in [0.29, 0.717) is 11.3 Å². The molecule has 0 aliphatic heterocycles. The van der Waals surface area contributed by atoms with Gasteiger partial charge in [0.1, 0.15) is 0 Å². The van der Waals surface area contributed by atoms with Crippen LogP contribution in [0.5, 0.6) is 0 Å². The van der Waals surface area contributed by atoms with Crippen LogP contribution in [0.1, 0.15) is 5.56 Å². The highest BCUT2D eigenvalue weighted by Gasteiger charge is 2.20. The summed E-state index contributed by atoms with van der Waals surface area (Å²) >= 11 is 0. The average Bonchev–Trinajstić information content (AvgIpc) is 3.49. The Morgan fingerprint density at radius 1 is 0.227 bits per heavy atom. The number of hydrogen-bond donors (Lipinski definition) is 0. The van der Waals surface area contributed by atoms with Crippen LogP contribution >= 0.6 is 0 Å². The summed E-state index contributed by atoms with van der Waals surface area (Å²) in [5.74, 6) is 0. The molecule has 0 N–H and O–H groups in total. The van der Waals surface area contributed by atoms with Crippen LogP contribution in [0, 0.1) is 17.9 Å². The van der Waals surface area contributed by atoms with Crippen LogP contribution in [0.3, 0.4) is 0 Å². The van der Waals surface area contributed by atoms with Crippen molar-refractivity contribution in [1.29, 1.82) is 5.26 Å². The molecule has 0 aliphatic rings. The summed E-state index contributed by atoms with van der Waals surface area (Å²) in [4.78, 5) is 14.9. The maximum Gasteiger partial charge on any atom is 0.187 e. The van der Waals surface area contributed by atoms with E-state index in [2.05, 4.69) is 230 Å². The molecule has 0 bridgehead atoms. The molecule has 0 aromatic heterocycles. The zero-order chi connectivity index (χ0) is 50.8. The summed E-state index contributed by atoms with van der Waals surface area (Å²) in [5.41, 5.74) is 16.4. The number of hydrogen-bond acceptors (Lipinski definition) is 6. The van der Waals surface area contributed by atoms with Gasteiger partial charge in [-0.15, -0.1) is 0 Å². The minimum absolute atomic E-state index is 0.607. The van der Waals surface area contributed by atoms with Gasteiger partial charge in [0.15, 0.2) is 5.69 Å². The van der Waals surface area contributed by atoms with E-state index in [-0.39, 0.29) is 0 Å². The zero-order valence-corrected chi connectivity index (χ0v) is 40.9. The van der Waals surface area contributed by atoms with Crippen molar-refractivity contribution in [2.24, 2.45) is 0 Å². The van der Waals surface area contributed by atoms with Gasteiger partial charge in [-0.1, -0.05) is 103 Å². The van der Waals surface area contributed by atoms with Crippen LogP contribution < -0.4 is 24.5 Å². The summed E-state index contributed by atoms with van der Waals surface area (Å²) in [6.07, 6.45) is 0.